The molecule has 5 rings (SSSR count). The number of nitrogens with zero attached hydrogens (tertiary/aromatic N) is 4. The van der Waals surface area contributed by atoms with E-state index >= 15 is 0 Å². The fourth-order valence-electron chi connectivity index (χ4n) is 4.11. The fraction of sp³-hybridized carbons (Fsp3) is 0.280. The van der Waals surface area contributed by atoms with Crippen LogP contribution in [0.5, 0.6) is 0 Å². The van der Waals surface area contributed by atoms with Gasteiger partial charge in [0.15, 0.2) is 5.76 Å². The van der Waals surface area contributed by atoms with Gasteiger partial charge in [-0.3, -0.25) is 0 Å². The number of rotatable bonds is 5. The van der Waals surface area contributed by atoms with Crippen LogP contribution in [-0.4, -0.2) is 48.3 Å². The van der Waals surface area contributed by atoms with Gasteiger partial charge in [0, 0.05) is 35.9 Å². The molecule has 176 valence electrons. The average molecular weight is 468 g/mol. The number of benzene rings is 2. The lowest BCUT2D eigenvalue weighted by Gasteiger charge is -2.21. The van der Waals surface area contributed by atoms with Gasteiger partial charge in [-0.05, 0) is 69.0 Å². The molecule has 0 bridgehead atoms. The summed E-state index contributed by atoms with van der Waals surface area (Å²) < 4.78 is 50.5. The number of hydrogen-bond donors (Lipinski definition) is 0. The summed E-state index contributed by atoms with van der Waals surface area (Å²) in [5, 5.41) is 8.16. The first-order valence-electron chi connectivity index (χ1n) is 10.9. The monoisotopic (exact) mass is 468 g/mol. The van der Waals surface area contributed by atoms with E-state index in [1.54, 1.807) is 18.2 Å². The highest BCUT2D eigenvalue weighted by Gasteiger charge is 2.30. The maximum atomic E-state index is 13.0. The Bertz CT molecular complexity index is 1280. The van der Waals surface area contributed by atoms with Crippen molar-refractivity contribution in [2.24, 2.45) is 0 Å². The predicted octanol–water partition coefficient (Wildman–Crippen LogP) is 5.82. The summed E-state index contributed by atoms with van der Waals surface area (Å²) in [6.07, 6.45) is -3.29. The van der Waals surface area contributed by atoms with Gasteiger partial charge in [0.1, 0.15) is 5.76 Å². The quantitative estimate of drug-likeness (QED) is 0.368. The van der Waals surface area contributed by atoms with Crippen LogP contribution in [0.3, 0.4) is 0 Å². The molecule has 0 spiro atoms. The summed E-state index contributed by atoms with van der Waals surface area (Å²) in [5.74, 6) is 1.07. The lowest BCUT2D eigenvalue weighted by Crippen LogP contribution is -2.31. The summed E-state index contributed by atoms with van der Waals surface area (Å²) in [4.78, 5) is 4.60. The van der Waals surface area contributed by atoms with E-state index in [9.17, 15) is 13.2 Å². The second kappa shape index (κ2) is 8.64. The zero-order valence-electron chi connectivity index (χ0n) is 18.7. The number of halogens is 3. The molecule has 0 aliphatic carbocycles. The maximum Gasteiger partial charge on any atom is 0.416 e. The molecule has 0 N–H and O–H groups in total. The van der Waals surface area contributed by atoms with Gasteiger partial charge in [-0.2, -0.15) is 13.2 Å². The molecule has 1 aliphatic rings. The van der Waals surface area contributed by atoms with Crippen LogP contribution in [0, 0.1) is 0 Å². The van der Waals surface area contributed by atoms with Crippen LogP contribution in [0.25, 0.3) is 34.4 Å². The summed E-state index contributed by atoms with van der Waals surface area (Å²) in [6.45, 7) is 2.00. The minimum absolute atomic E-state index is 0.158. The van der Waals surface area contributed by atoms with E-state index in [0.717, 1.165) is 42.9 Å². The largest absolute Gasteiger partial charge is 0.451 e. The topological polar surface area (TPSA) is 58.5 Å². The smallest absolute Gasteiger partial charge is 0.416 e. The van der Waals surface area contributed by atoms with Gasteiger partial charge < -0.3 is 18.6 Å². The zero-order chi connectivity index (χ0) is 23.9. The van der Waals surface area contributed by atoms with E-state index in [2.05, 4.69) is 34.1 Å². The Morgan fingerprint density at radius 2 is 1.62 bits per heavy atom. The summed E-state index contributed by atoms with van der Waals surface area (Å²) in [6, 6.07) is 16.6. The summed E-state index contributed by atoms with van der Waals surface area (Å²) in [5.41, 5.74) is 1.49. The van der Waals surface area contributed by atoms with Crippen LogP contribution in [0.4, 0.5) is 18.9 Å². The SMILES string of the molecule is CN(C)C1CCN(c2ccc(-c3nnc(-c4ccc(-c5cccc(C(F)(F)F)c5)o4)o3)cc2)C1. The van der Waals surface area contributed by atoms with Crippen molar-refractivity contribution in [3.05, 3.63) is 66.2 Å². The molecule has 1 unspecified atom stereocenters. The molecule has 1 atom stereocenters. The average Bonchev–Trinajstić information content (AvgIpc) is 3.59. The Morgan fingerprint density at radius 1 is 0.882 bits per heavy atom. The molecule has 3 heterocycles. The van der Waals surface area contributed by atoms with Crippen molar-refractivity contribution in [3.63, 3.8) is 0 Å². The molecule has 34 heavy (non-hydrogen) atoms. The van der Waals surface area contributed by atoms with Gasteiger partial charge in [0.2, 0.25) is 5.89 Å². The second-order valence-electron chi connectivity index (χ2n) is 8.55. The van der Waals surface area contributed by atoms with Crippen molar-refractivity contribution in [2.45, 2.75) is 18.6 Å². The van der Waals surface area contributed by atoms with Crippen molar-refractivity contribution in [2.75, 3.05) is 32.1 Å². The number of anilines is 1. The molecule has 0 saturated carbocycles. The van der Waals surface area contributed by atoms with Gasteiger partial charge in [-0.15, -0.1) is 10.2 Å². The summed E-state index contributed by atoms with van der Waals surface area (Å²) in [7, 11) is 4.21. The number of hydrogen-bond acceptors (Lipinski definition) is 6. The van der Waals surface area contributed by atoms with E-state index < -0.39 is 11.7 Å². The highest BCUT2D eigenvalue weighted by atomic mass is 19.4. The van der Waals surface area contributed by atoms with Crippen LogP contribution < -0.4 is 4.90 Å². The highest BCUT2D eigenvalue weighted by Crippen LogP contribution is 2.34. The predicted molar refractivity (Wildman–Crippen MR) is 122 cm³/mol. The van der Waals surface area contributed by atoms with Crippen LogP contribution in [-0.2, 0) is 6.18 Å². The van der Waals surface area contributed by atoms with E-state index in [1.807, 2.05) is 24.3 Å². The van der Waals surface area contributed by atoms with Crippen molar-refractivity contribution in [1.29, 1.82) is 0 Å². The summed E-state index contributed by atoms with van der Waals surface area (Å²) >= 11 is 0. The Morgan fingerprint density at radius 3 is 2.32 bits per heavy atom. The molecule has 0 amide bonds. The minimum atomic E-state index is -4.43. The first-order chi connectivity index (χ1) is 16.3. The molecule has 0 radical (unpaired) electrons. The molecule has 2 aromatic heterocycles. The third kappa shape index (κ3) is 4.43. The molecule has 1 saturated heterocycles. The first-order valence-corrected chi connectivity index (χ1v) is 10.9. The number of furan rings is 1. The van der Waals surface area contributed by atoms with E-state index in [1.165, 1.54) is 6.07 Å². The van der Waals surface area contributed by atoms with Gasteiger partial charge in [-0.25, -0.2) is 0 Å². The van der Waals surface area contributed by atoms with Gasteiger partial charge in [0.25, 0.3) is 5.89 Å². The highest BCUT2D eigenvalue weighted by molar-refractivity contribution is 5.64. The fourth-order valence-corrected chi connectivity index (χ4v) is 4.11. The normalized spacial score (nSPS) is 16.5. The van der Waals surface area contributed by atoms with Crippen LogP contribution in [0.1, 0.15) is 12.0 Å². The van der Waals surface area contributed by atoms with Crippen LogP contribution >= 0.6 is 0 Å². The van der Waals surface area contributed by atoms with Crippen molar-refractivity contribution in [3.8, 4) is 34.4 Å². The van der Waals surface area contributed by atoms with Crippen LogP contribution in [0.15, 0.2) is 69.5 Å². The van der Waals surface area contributed by atoms with Crippen molar-refractivity contribution in [1.82, 2.24) is 15.1 Å². The number of likely N-dealkylation sites (N-methyl/N-ethyl adjacent to an activating group) is 1. The molecular formula is C25H23F3N4O2. The standard InChI is InChI=1S/C25H23F3N4O2/c1-31(2)20-12-13-32(15-20)19-8-6-16(7-9-19)23-29-30-24(34-23)22-11-10-21(33-22)17-4-3-5-18(14-17)25(26,27)28/h3-11,14,20H,12-13,15H2,1-2H3. The third-order valence-electron chi connectivity index (χ3n) is 6.09. The number of aromatic nitrogens is 2. The van der Waals surface area contributed by atoms with Gasteiger partial charge in [-0.1, -0.05) is 12.1 Å². The molecule has 1 aliphatic heterocycles. The zero-order valence-corrected chi connectivity index (χ0v) is 18.7. The number of alkyl halides is 3. The molecule has 4 aromatic rings. The maximum absolute atomic E-state index is 13.0. The first kappa shape index (κ1) is 22.2. The van der Waals surface area contributed by atoms with E-state index in [0.29, 0.717) is 17.5 Å². The van der Waals surface area contributed by atoms with Crippen molar-refractivity contribution < 1.29 is 22.0 Å². The molecule has 1 fully saturated rings. The molecule has 2 aromatic carbocycles. The van der Waals surface area contributed by atoms with Crippen LogP contribution in [0.2, 0.25) is 0 Å². The van der Waals surface area contributed by atoms with E-state index in [-0.39, 0.29) is 17.4 Å². The Hall–Kier alpha value is -3.59. The Labute approximate surface area is 194 Å². The lowest BCUT2D eigenvalue weighted by molar-refractivity contribution is -0.137. The van der Waals surface area contributed by atoms with E-state index in [4.69, 9.17) is 8.83 Å². The van der Waals surface area contributed by atoms with Crippen molar-refractivity contribution >= 4 is 5.69 Å². The van der Waals surface area contributed by atoms with Gasteiger partial charge in [0.05, 0.1) is 5.56 Å². The molecular weight excluding hydrogens is 445 g/mol. The Kier molecular flexibility index (Phi) is 5.65. The third-order valence-corrected chi connectivity index (χ3v) is 6.09. The lowest BCUT2D eigenvalue weighted by atomic mass is 10.1. The Balaban J connectivity index is 1.32. The minimum Gasteiger partial charge on any atom is -0.451 e. The molecule has 9 heteroatoms. The second-order valence-corrected chi connectivity index (χ2v) is 8.55. The van der Waals surface area contributed by atoms with Gasteiger partial charge >= 0.3 is 6.18 Å². The molecule has 6 nitrogen and oxygen atoms in total.